The molecule has 0 aliphatic heterocycles. The van der Waals surface area contributed by atoms with Gasteiger partial charge in [-0.2, -0.15) is 0 Å². The molecule has 0 spiro atoms. The van der Waals surface area contributed by atoms with Gasteiger partial charge in [0.25, 0.3) is 0 Å². The number of aromatic nitrogens is 1. The van der Waals surface area contributed by atoms with Crippen molar-refractivity contribution < 1.29 is 0 Å². The van der Waals surface area contributed by atoms with E-state index in [9.17, 15) is 0 Å². The fourth-order valence-corrected chi connectivity index (χ4v) is 1.91. The van der Waals surface area contributed by atoms with Gasteiger partial charge in [-0.25, -0.2) is 0 Å². The molecule has 1 aromatic heterocycles. The van der Waals surface area contributed by atoms with Crippen LogP contribution in [-0.2, 0) is 0 Å². The molecule has 1 unspecified atom stereocenters. The van der Waals surface area contributed by atoms with Gasteiger partial charge in [-0.1, -0.05) is 0 Å². The van der Waals surface area contributed by atoms with Gasteiger partial charge in [-0.3, -0.25) is 0 Å². The second-order valence-electron chi connectivity index (χ2n) is 2.88. The van der Waals surface area contributed by atoms with Crippen molar-refractivity contribution in [2.45, 2.75) is 5.92 Å². The molecule has 2 heteroatoms. The average Bonchev–Trinajstić information content (AvgIpc) is 2.20. The van der Waals surface area contributed by atoms with E-state index < -0.39 is 0 Å². The van der Waals surface area contributed by atoms with Crippen molar-refractivity contribution in [1.82, 2.24) is 4.98 Å². The van der Waals surface area contributed by atoms with Crippen molar-refractivity contribution in [2.24, 2.45) is 0 Å². The first-order chi connectivity index (χ1) is 6.38. The Labute approximate surface area is 85.6 Å². The minimum atomic E-state index is 0.311. The average molecular weight is 234 g/mol. The summed E-state index contributed by atoms with van der Waals surface area (Å²) < 4.78 is 1.22. The maximum atomic E-state index is 4.33. The molecule has 0 radical (unpaired) electrons. The first-order valence-electron chi connectivity index (χ1n) is 4.17. The molecule has 1 nitrogen and oxygen atoms in total. The third-order valence-electron chi connectivity index (χ3n) is 1.99. The number of nitrogens with zero attached hydrogens (tertiary/aromatic N) is 1. The van der Waals surface area contributed by atoms with Crippen molar-refractivity contribution in [3.8, 4) is 0 Å². The van der Waals surface area contributed by atoms with Gasteiger partial charge in [0.2, 0.25) is 0 Å². The molecule has 2 rings (SSSR count). The van der Waals surface area contributed by atoms with Gasteiger partial charge in [-0.15, -0.1) is 0 Å². The fourth-order valence-electron chi connectivity index (χ4n) is 1.33. The summed E-state index contributed by atoms with van der Waals surface area (Å²) in [6, 6.07) is 6.00. The molecule has 0 saturated heterocycles. The van der Waals surface area contributed by atoms with Gasteiger partial charge < -0.3 is 0 Å². The van der Waals surface area contributed by atoms with Gasteiger partial charge in [0.1, 0.15) is 0 Å². The summed E-state index contributed by atoms with van der Waals surface area (Å²) in [6.45, 7) is 0. The first-order valence-corrected chi connectivity index (χ1v) is 5.03. The number of hydrogen-bond acceptors (Lipinski definition) is 1. The molecular formula is C11H9NSe. The summed E-state index contributed by atoms with van der Waals surface area (Å²) >= 11 is 3.07. The number of pyridine rings is 1. The molecule has 1 atom stereocenters. The van der Waals surface area contributed by atoms with Crippen LogP contribution in [0, 0.1) is 0 Å². The Balaban J connectivity index is 2.32. The second-order valence-corrected chi connectivity index (χ2v) is 3.87. The minimum absolute atomic E-state index is 0.311. The standard InChI is InChI=1S/C11H9NSe/c13-11-7-2-1-5-9(11)10-6-3-4-8-12-10/h1-9H. The molecule has 0 saturated carbocycles. The number of allylic oxidation sites excluding steroid dienone is 4. The summed E-state index contributed by atoms with van der Waals surface area (Å²) in [5.74, 6) is 0.311. The van der Waals surface area contributed by atoms with Crippen LogP contribution in [0.15, 0.2) is 48.7 Å². The molecular weight excluding hydrogens is 225 g/mol. The van der Waals surface area contributed by atoms with Crippen molar-refractivity contribution in [3.05, 3.63) is 54.4 Å². The van der Waals surface area contributed by atoms with E-state index in [2.05, 4.69) is 38.8 Å². The Morgan fingerprint density at radius 3 is 2.85 bits per heavy atom. The maximum absolute atomic E-state index is 4.33. The topological polar surface area (TPSA) is 12.9 Å². The number of hydrogen-bond donors (Lipinski definition) is 0. The van der Waals surface area contributed by atoms with E-state index in [-0.39, 0.29) is 0 Å². The van der Waals surface area contributed by atoms with Crippen molar-refractivity contribution in [1.29, 1.82) is 0 Å². The summed E-state index contributed by atoms with van der Waals surface area (Å²) in [5, 5.41) is 0. The zero-order chi connectivity index (χ0) is 9.10. The fraction of sp³-hybridized carbons (Fsp3) is 0.0909. The summed E-state index contributed by atoms with van der Waals surface area (Å²) in [7, 11) is 0. The van der Waals surface area contributed by atoms with Crippen LogP contribution in [-0.4, -0.2) is 25.0 Å². The monoisotopic (exact) mass is 235 g/mol. The third-order valence-corrected chi connectivity index (χ3v) is 2.81. The number of rotatable bonds is 1. The summed E-state index contributed by atoms with van der Waals surface area (Å²) in [5.41, 5.74) is 1.09. The normalized spacial score (nSPS) is 20.6. The van der Waals surface area contributed by atoms with Crippen LogP contribution in [0.5, 0.6) is 0 Å². The Morgan fingerprint density at radius 1 is 1.23 bits per heavy atom. The van der Waals surface area contributed by atoms with Crippen LogP contribution in [0.3, 0.4) is 0 Å². The molecule has 1 aromatic rings. The molecule has 1 heterocycles. The third kappa shape index (κ3) is 1.85. The molecule has 1 aliphatic carbocycles. The molecule has 0 bridgehead atoms. The van der Waals surface area contributed by atoms with Crippen LogP contribution >= 0.6 is 0 Å². The van der Waals surface area contributed by atoms with Crippen LogP contribution in [0.25, 0.3) is 0 Å². The van der Waals surface area contributed by atoms with E-state index in [1.165, 1.54) is 4.42 Å². The zero-order valence-corrected chi connectivity index (χ0v) is 8.76. The van der Waals surface area contributed by atoms with Gasteiger partial charge in [0.05, 0.1) is 0 Å². The summed E-state index contributed by atoms with van der Waals surface area (Å²) in [4.78, 5) is 4.33. The van der Waals surface area contributed by atoms with Crippen LogP contribution in [0.4, 0.5) is 0 Å². The van der Waals surface area contributed by atoms with E-state index >= 15 is 0 Å². The Morgan fingerprint density at radius 2 is 2.15 bits per heavy atom. The molecule has 0 fully saturated rings. The molecule has 64 valence electrons. The molecule has 0 aromatic carbocycles. The predicted molar refractivity (Wildman–Crippen MR) is 56.0 cm³/mol. The molecule has 13 heavy (non-hydrogen) atoms. The molecule has 0 amide bonds. The van der Waals surface area contributed by atoms with Gasteiger partial charge in [-0.05, 0) is 0 Å². The predicted octanol–water partition coefficient (Wildman–Crippen LogP) is 1.63. The van der Waals surface area contributed by atoms with Gasteiger partial charge >= 0.3 is 85.3 Å². The van der Waals surface area contributed by atoms with Gasteiger partial charge in [0, 0.05) is 0 Å². The SMILES string of the molecule is [Se]=C1C=CC=CC1c1ccccn1. The van der Waals surface area contributed by atoms with E-state index in [0.29, 0.717) is 5.92 Å². The van der Waals surface area contributed by atoms with Crippen LogP contribution in [0.1, 0.15) is 11.6 Å². The van der Waals surface area contributed by atoms with E-state index in [4.69, 9.17) is 0 Å². The van der Waals surface area contributed by atoms with Crippen LogP contribution in [0.2, 0.25) is 0 Å². The summed E-state index contributed by atoms with van der Waals surface area (Å²) in [6.07, 6.45) is 10.1. The van der Waals surface area contributed by atoms with Gasteiger partial charge in [0.15, 0.2) is 0 Å². The van der Waals surface area contributed by atoms with Crippen molar-refractivity contribution in [2.75, 3.05) is 0 Å². The van der Waals surface area contributed by atoms with Crippen LogP contribution < -0.4 is 0 Å². The second kappa shape index (κ2) is 3.82. The molecule has 0 N–H and O–H groups in total. The Hall–Kier alpha value is -0.981. The van der Waals surface area contributed by atoms with Crippen molar-refractivity contribution in [3.63, 3.8) is 0 Å². The van der Waals surface area contributed by atoms with E-state index in [0.717, 1.165) is 5.69 Å². The van der Waals surface area contributed by atoms with E-state index in [1.807, 2.05) is 30.5 Å². The quantitative estimate of drug-likeness (QED) is 0.673. The Kier molecular flexibility index (Phi) is 2.53. The molecule has 1 aliphatic rings. The zero-order valence-electron chi connectivity index (χ0n) is 7.05. The van der Waals surface area contributed by atoms with E-state index in [1.54, 1.807) is 0 Å². The van der Waals surface area contributed by atoms with Crippen molar-refractivity contribution >= 4 is 20.0 Å². The Bertz CT molecular complexity index is 365. The first kappa shape index (κ1) is 8.61.